The second kappa shape index (κ2) is 6.41. The van der Waals surface area contributed by atoms with Crippen molar-refractivity contribution in [1.82, 2.24) is 4.90 Å². The first-order valence-electron chi connectivity index (χ1n) is 8.56. The fraction of sp³-hybridized carbons (Fsp3) is 0.350. The molecule has 0 aliphatic carbocycles. The number of carbonyl (C=O) groups excluding carboxylic acids is 1. The van der Waals surface area contributed by atoms with Gasteiger partial charge in [-0.3, -0.25) is 9.69 Å². The van der Waals surface area contributed by atoms with Crippen molar-refractivity contribution in [2.24, 2.45) is 0 Å². The first kappa shape index (κ1) is 16.0. The van der Waals surface area contributed by atoms with Gasteiger partial charge in [0.15, 0.2) is 0 Å². The molecular formula is C20H22N2O3. The molecule has 0 radical (unpaired) electrons. The zero-order valence-corrected chi connectivity index (χ0v) is 14.5. The molecule has 0 aromatic heterocycles. The number of likely N-dealkylation sites (tertiary alicyclic amines) is 1. The standard InChI is InChI=1S/C20H22N2O3/c1-21-17-5-3-4-6-19(17)25-16-11-18(20(21)23)22(13-16)12-14-7-9-15(24-2)10-8-14/h3-10,16,18H,11-13H2,1-2H3/t16-,18-/m0/s1. The molecule has 0 saturated carbocycles. The summed E-state index contributed by atoms with van der Waals surface area (Å²) < 4.78 is 11.4. The Labute approximate surface area is 147 Å². The van der Waals surface area contributed by atoms with Crippen molar-refractivity contribution in [1.29, 1.82) is 0 Å². The number of para-hydroxylation sites is 2. The molecule has 2 aliphatic heterocycles. The van der Waals surface area contributed by atoms with Gasteiger partial charge in [-0.05, 0) is 29.8 Å². The van der Waals surface area contributed by atoms with E-state index in [2.05, 4.69) is 4.90 Å². The monoisotopic (exact) mass is 338 g/mol. The number of ether oxygens (including phenoxy) is 2. The van der Waals surface area contributed by atoms with Crippen LogP contribution in [0.5, 0.6) is 11.5 Å². The number of benzene rings is 2. The van der Waals surface area contributed by atoms with Crippen LogP contribution in [0.4, 0.5) is 5.69 Å². The molecule has 2 aromatic rings. The van der Waals surface area contributed by atoms with Crippen molar-refractivity contribution in [2.45, 2.75) is 25.1 Å². The van der Waals surface area contributed by atoms with Gasteiger partial charge >= 0.3 is 0 Å². The van der Waals surface area contributed by atoms with Gasteiger partial charge in [0.25, 0.3) is 0 Å². The number of amides is 1. The number of fused-ring (bicyclic) bond motifs is 3. The molecule has 4 rings (SSSR count). The number of carbonyl (C=O) groups is 1. The summed E-state index contributed by atoms with van der Waals surface area (Å²) in [5.74, 6) is 1.76. The topological polar surface area (TPSA) is 42.0 Å². The van der Waals surface area contributed by atoms with Crippen LogP contribution in [0.3, 0.4) is 0 Å². The lowest BCUT2D eigenvalue weighted by Gasteiger charge is -2.29. The second-order valence-corrected chi connectivity index (χ2v) is 6.63. The summed E-state index contributed by atoms with van der Waals surface area (Å²) in [6.07, 6.45) is 0.773. The minimum atomic E-state index is -0.148. The third kappa shape index (κ3) is 2.96. The third-order valence-corrected chi connectivity index (χ3v) is 5.05. The van der Waals surface area contributed by atoms with E-state index in [1.165, 1.54) is 5.56 Å². The molecule has 25 heavy (non-hydrogen) atoms. The summed E-state index contributed by atoms with van der Waals surface area (Å²) >= 11 is 0. The Kier molecular flexibility index (Phi) is 4.09. The third-order valence-electron chi connectivity index (χ3n) is 5.05. The number of nitrogens with zero attached hydrogens (tertiary/aromatic N) is 2. The molecule has 2 aliphatic rings. The molecule has 2 atom stereocenters. The molecular weight excluding hydrogens is 316 g/mol. The highest BCUT2D eigenvalue weighted by Gasteiger charge is 2.41. The van der Waals surface area contributed by atoms with E-state index in [-0.39, 0.29) is 18.1 Å². The summed E-state index contributed by atoms with van der Waals surface area (Å²) in [6.45, 7) is 1.48. The Bertz CT molecular complexity index is 775. The maximum absolute atomic E-state index is 13.0. The molecule has 0 N–H and O–H groups in total. The van der Waals surface area contributed by atoms with Crippen molar-refractivity contribution in [3.8, 4) is 11.5 Å². The molecule has 0 spiro atoms. The van der Waals surface area contributed by atoms with Gasteiger partial charge in [-0.15, -0.1) is 0 Å². The summed E-state index contributed by atoms with van der Waals surface area (Å²) in [5.41, 5.74) is 2.01. The largest absolute Gasteiger partial charge is 0.497 e. The van der Waals surface area contributed by atoms with Crippen LogP contribution in [0.2, 0.25) is 0 Å². The van der Waals surface area contributed by atoms with Crippen molar-refractivity contribution < 1.29 is 14.3 Å². The van der Waals surface area contributed by atoms with E-state index in [0.29, 0.717) is 0 Å². The number of rotatable bonds is 3. The highest BCUT2D eigenvalue weighted by Crippen LogP contribution is 2.35. The highest BCUT2D eigenvalue weighted by atomic mass is 16.5. The van der Waals surface area contributed by atoms with E-state index in [0.717, 1.165) is 36.7 Å². The van der Waals surface area contributed by atoms with Crippen molar-refractivity contribution in [3.63, 3.8) is 0 Å². The number of methoxy groups -OCH3 is 1. The van der Waals surface area contributed by atoms with Gasteiger partial charge in [0.05, 0.1) is 18.8 Å². The van der Waals surface area contributed by atoms with E-state index >= 15 is 0 Å². The van der Waals surface area contributed by atoms with E-state index in [1.54, 1.807) is 12.0 Å². The van der Waals surface area contributed by atoms with E-state index in [4.69, 9.17) is 9.47 Å². The summed E-state index contributed by atoms with van der Waals surface area (Å²) in [5, 5.41) is 0. The summed E-state index contributed by atoms with van der Waals surface area (Å²) in [7, 11) is 3.49. The summed E-state index contributed by atoms with van der Waals surface area (Å²) in [4.78, 5) is 17.0. The van der Waals surface area contributed by atoms with Gasteiger partial charge in [-0.1, -0.05) is 24.3 Å². The quantitative estimate of drug-likeness (QED) is 0.863. The first-order chi connectivity index (χ1) is 12.2. The average Bonchev–Trinajstić information content (AvgIpc) is 3.04. The average molecular weight is 338 g/mol. The van der Waals surface area contributed by atoms with Crippen LogP contribution in [-0.2, 0) is 11.3 Å². The lowest BCUT2D eigenvalue weighted by atomic mass is 10.1. The Balaban J connectivity index is 1.58. The zero-order valence-electron chi connectivity index (χ0n) is 14.5. The van der Waals surface area contributed by atoms with Crippen LogP contribution in [0, 0.1) is 0 Å². The van der Waals surface area contributed by atoms with Crippen LogP contribution in [0.1, 0.15) is 12.0 Å². The molecule has 1 fully saturated rings. The molecule has 1 amide bonds. The minimum Gasteiger partial charge on any atom is -0.497 e. The molecule has 5 nitrogen and oxygen atoms in total. The van der Waals surface area contributed by atoms with Crippen LogP contribution in [0.15, 0.2) is 48.5 Å². The summed E-state index contributed by atoms with van der Waals surface area (Å²) in [6, 6.07) is 15.6. The lowest BCUT2D eigenvalue weighted by Crippen LogP contribution is -2.44. The van der Waals surface area contributed by atoms with Crippen LogP contribution in [-0.4, -0.2) is 43.7 Å². The predicted octanol–water partition coefficient (Wildman–Crippen LogP) is 2.69. The molecule has 130 valence electrons. The Morgan fingerprint density at radius 3 is 2.68 bits per heavy atom. The number of likely N-dealkylation sites (N-methyl/N-ethyl adjacent to an activating group) is 1. The number of hydrogen-bond donors (Lipinski definition) is 0. The zero-order chi connectivity index (χ0) is 17.4. The highest BCUT2D eigenvalue weighted by molar-refractivity contribution is 5.98. The number of hydrogen-bond acceptors (Lipinski definition) is 4. The van der Waals surface area contributed by atoms with Crippen molar-refractivity contribution >= 4 is 11.6 Å². The number of anilines is 1. The Morgan fingerprint density at radius 2 is 1.92 bits per heavy atom. The molecule has 0 unspecified atom stereocenters. The normalized spacial score (nSPS) is 22.8. The first-order valence-corrected chi connectivity index (χ1v) is 8.56. The maximum atomic E-state index is 13.0. The van der Waals surface area contributed by atoms with Gasteiger partial charge < -0.3 is 14.4 Å². The molecule has 2 aromatic carbocycles. The van der Waals surface area contributed by atoms with Gasteiger partial charge in [0, 0.05) is 26.6 Å². The Morgan fingerprint density at radius 1 is 1.16 bits per heavy atom. The van der Waals surface area contributed by atoms with Gasteiger partial charge in [0.1, 0.15) is 17.6 Å². The molecule has 2 heterocycles. The molecule has 5 heteroatoms. The maximum Gasteiger partial charge on any atom is 0.244 e. The van der Waals surface area contributed by atoms with Gasteiger partial charge in [-0.2, -0.15) is 0 Å². The van der Waals surface area contributed by atoms with Gasteiger partial charge in [-0.25, -0.2) is 0 Å². The Hall–Kier alpha value is -2.53. The van der Waals surface area contributed by atoms with Crippen molar-refractivity contribution in [3.05, 3.63) is 54.1 Å². The van der Waals surface area contributed by atoms with Crippen LogP contribution in [0.25, 0.3) is 0 Å². The second-order valence-electron chi connectivity index (χ2n) is 6.63. The van der Waals surface area contributed by atoms with Crippen LogP contribution >= 0.6 is 0 Å². The van der Waals surface area contributed by atoms with Crippen LogP contribution < -0.4 is 14.4 Å². The fourth-order valence-electron chi connectivity index (χ4n) is 3.70. The lowest BCUT2D eigenvalue weighted by molar-refractivity contribution is -0.122. The van der Waals surface area contributed by atoms with Gasteiger partial charge in [0.2, 0.25) is 5.91 Å². The molecule has 1 saturated heterocycles. The minimum absolute atomic E-state index is 0.0436. The molecule has 2 bridgehead atoms. The SMILES string of the molecule is COc1ccc(CN2C[C@@H]3C[C@H]2C(=O)N(C)c2ccccc2O3)cc1. The van der Waals surface area contributed by atoms with Crippen molar-refractivity contribution in [2.75, 3.05) is 25.6 Å². The van der Waals surface area contributed by atoms with E-state index in [9.17, 15) is 4.79 Å². The van der Waals surface area contributed by atoms with E-state index < -0.39 is 0 Å². The van der Waals surface area contributed by atoms with E-state index in [1.807, 2.05) is 55.6 Å². The smallest absolute Gasteiger partial charge is 0.244 e. The fourth-order valence-corrected chi connectivity index (χ4v) is 3.70. The predicted molar refractivity (Wildman–Crippen MR) is 96.1 cm³/mol.